The van der Waals surface area contributed by atoms with Crippen LogP contribution in [0.15, 0.2) is 53.4 Å². The molecule has 1 heterocycles. The minimum atomic E-state index is -2.44. The zero-order valence-electron chi connectivity index (χ0n) is 17.0. The standard InChI is InChI=1S/C22H28F2N2OS2/c1-16-12-14-26(15-13-16)20-7-5-4-6-19(20)25-29(27)18-10-8-17(9-11-18)22(2,3)28-21(23)24/h4-11,16,21,25H,12-15H2,1-3H3. The second-order valence-corrected chi connectivity index (χ2v) is 10.8. The highest BCUT2D eigenvalue weighted by molar-refractivity contribution is 8.00. The molecule has 158 valence electrons. The van der Waals surface area contributed by atoms with Crippen LogP contribution in [0.5, 0.6) is 0 Å². The number of rotatable bonds is 7. The van der Waals surface area contributed by atoms with Gasteiger partial charge < -0.3 is 9.45 Å². The molecule has 2 aromatic carbocycles. The second-order valence-electron chi connectivity index (χ2n) is 7.97. The Balaban J connectivity index is 1.72. The van der Waals surface area contributed by atoms with Gasteiger partial charge in [-0.1, -0.05) is 43.0 Å². The lowest BCUT2D eigenvalue weighted by Gasteiger charge is -2.33. The third kappa shape index (κ3) is 5.80. The Bertz CT molecular complexity index is 794. The van der Waals surface area contributed by atoms with Gasteiger partial charge in [0.25, 0.3) is 5.76 Å². The van der Waals surface area contributed by atoms with Crippen molar-refractivity contribution in [3.05, 3.63) is 54.1 Å². The minimum Gasteiger partial charge on any atom is -0.588 e. The maximum absolute atomic E-state index is 12.9. The summed E-state index contributed by atoms with van der Waals surface area (Å²) in [6, 6.07) is 15.0. The van der Waals surface area contributed by atoms with E-state index in [9.17, 15) is 13.3 Å². The van der Waals surface area contributed by atoms with Crippen LogP contribution in [0.3, 0.4) is 0 Å². The summed E-state index contributed by atoms with van der Waals surface area (Å²) in [6.45, 7) is 7.81. The van der Waals surface area contributed by atoms with Crippen molar-refractivity contribution < 1.29 is 13.3 Å². The average Bonchev–Trinajstić information content (AvgIpc) is 2.68. The normalized spacial score (nSPS) is 16.9. The molecule has 0 aliphatic carbocycles. The molecular formula is C22H28F2N2OS2. The fraction of sp³-hybridized carbons (Fsp3) is 0.455. The monoisotopic (exact) mass is 438 g/mol. The van der Waals surface area contributed by atoms with E-state index >= 15 is 0 Å². The van der Waals surface area contributed by atoms with Crippen molar-refractivity contribution in [2.45, 2.75) is 49.0 Å². The van der Waals surface area contributed by atoms with E-state index in [0.717, 1.165) is 48.8 Å². The molecule has 1 aliphatic heterocycles. The molecule has 7 heteroatoms. The molecule has 1 unspecified atom stereocenters. The minimum absolute atomic E-state index is 0.614. The molecule has 3 rings (SSSR count). The number of alkyl halides is 2. The SMILES string of the molecule is CC1CCN(c2ccccc2N[S+]([O-])c2ccc(C(C)(C)SC(F)F)cc2)CC1. The smallest absolute Gasteiger partial charge is 0.285 e. The van der Waals surface area contributed by atoms with Crippen LogP contribution < -0.4 is 9.62 Å². The summed E-state index contributed by atoms with van der Waals surface area (Å²) in [5, 5.41) is 0. The summed E-state index contributed by atoms with van der Waals surface area (Å²) in [6.07, 6.45) is 2.32. The fourth-order valence-corrected chi connectivity index (χ4v) is 5.11. The van der Waals surface area contributed by atoms with Gasteiger partial charge in [-0.25, -0.2) is 4.72 Å². The Labute approximate surface area is 179 Å². The molecule has 0 spiro atoms. The van der Waals surface area contributed by atoms with Gasteiger partial charge in [0.1, 0.15) is 17.0 Å². The molecule has 0 aromatic heterocycles. The number of thioether (sulfide) groups is 1. The quantitative estimate of drug-likeness (QED) is 0.519. The molecule has 1 saturated heterocycles. The number of halogens is 2. The van der Waals surface area contributed by atoms with Crippen molar-refractivity contribution in [2.24, 2.45) is 5.92 Å². The van der Waals surface area contributed by atoms with Crippen LogP contribution in [0.4, 0.5) is 20.2 Å². The number of piperidine rings is 1. The first-order chi connectivity index (χ1) is 13.8. The third-order valence-corrected chi connectivity index (χ3v) is 7.49. The summed E-state index contributed by atoms with van der Waals surface area (Å²) in [4.78, 5) is 2.96. The van der Waals surface area contributed by atoms with Crippen molar-refractivity contribution in [2.75, 3.05) is 22.7 Å². The maximum atomic E-state index is 12.9. The van der Waals surface area contributed by atoms with Gasteiger partial charge in [0.2, 0.25) is 0 Å². The molecule has 2 aromatic rings. The van der Waals surface area contributed by atoms with E-state index in [1.54, 1.807) is 38.1 Å². The number of nitrogens with one attached hydrogen (secondary N) is 1. The van der Waals surface area contributed by atoms with Gasteiger partial charge >= 0.3 is 0 Å². The van der Waals surface area contributed by atoms with E-state index in [-0.39, 0.29) is 0 Å². The fourth-order valence-electron chi connectivity index (χ4n) is 3.51. The average molecular weight is 439 g/mol. The van der Waals surface area contributed by atoms with Crippen molar-refractivity contribution in [1.29, 1.82) is 0 Å². The molecular weight excluding hydrogens is 410 g/mol. The Morgan fingerprint density at radius 3 is 2.34 bits per heavy atom. The van der Waals surface area contributed by atoms with E-state index in [2.05, 4.69) is 22.6 Å². The van der Waals surface area contributed by atoms with Gasteiger partial charge in [0, 0.05) is 17.8 Å². The summed E-state index contributed by atoms with van der Waals surface area (Å²) in [5.41, 5.74) is 2.70. The molecule has 1 N–H and O–H groups in total. The number of benzene rings is 2. The molecule has 0 bridgehead atoms. The van der Waals surface area contributed by atoms with Crippen molar-refractivity contribution >= 4 is 34.5 Å². The number of hydrogen-bond donors (Lipinski definition) is 1. The zero-order chi connectivity index (χ0) is 21.0. The predicted octanol–water partition coefficient (Wildman–Crippen LogP) is 6.25. The van der Waals surface area contributed by atoms with E-state index in [1.165, 1.54) is 0 Å². The van der Waals surface area contributed by atoms with Crippen LogP contribution in [-0.4, -0.2) is 23.4 Å². The molecule has 0 radical (unpaired) electrons. The number of nitrogens with zero attached hydrogens (tertiary/aromatic N) is 1. The largest absolute Gasteiger partial charge is 0.588 e. The molecule has 1 fully saturated rings. The van der Waals surface area contributed by atoms with Crippen LogP contribution >= 0.6 is 11.8 Å². The third-order valence-electron chi connectivity index (χ3n) is 5.38. The van der Waals surface area contributed by atoms with Gasteiger partial charge in [-0.15, -0.1) is 0 Å². The van der Waals surface area contributed by atoms with Gasteiger partial charge in [-0.05, 0) is 62.4 Å². The summed E-state index contributed by atoms with van der Waals surface area (Å²) >= 11 is -0.819. The van der Waals surface area contributed by atoms with Gasteiger partial charge in [0.05, 0.1) is 5.69 Å². The highest BCUT2D eigenvalue weighted by Crippen LogP contribution is 2.39. The van der Waals surface area contributed by atoms with E-state index < -0.39 is 21.9 Å². The van der Waals surface area contributed by atoms with Gasteiger partial charge in [0.15, 0.2) is 4.90 Å². The van der Waals surface area contributed by atoms with Crippen LogP contribution in [0.1, 0.15) is 39.2 Å². The Morgan fingerprint density at radius 1 is 1.10 bits per heavy atom. The molecule has 1 aliphatic rings. The summed E-state index contributed by atoms with van der Waals surface area (Å²) in [5.74, 6) is -1.69. The molecule has 29 heavy (non-hydrogen) atoms. The highest BCUT2D eigenvalue weighted by Gasteiger charge is 2.27. The Hall–Kier alpha value is -1.44. The molecule has 0 saturated carbocycles. The predicted molar refractivity (Wildman–Crippen MR) is 120 cm³/mol. The number of anilines is 2. The molecule has 1 atom stereocenters. The number of para-hydroxylation sites is 2. The van der Waals surface area contributed by atoms with Crippen LogP contribution in [0, 0.1) is 5.92 Å². The van der Waals surface area contributed by atoms with Crippen molar-refractivity contribution in [1.82, 2.24) is 0 Å². The zero-order valence-corrected chi connectivity index (χ0v) is 18.7. The lowest BCUT2D eigenvalue weighted by Crippen LogP contribution is -2.33. The van der Waals surface area contributed by atoms with E-state index in [4.69, 9.17) is 0 Å². The van der Waals surface area contributed by atoms with Crippen LogP contribution in [0.25, 0.3) is 0 Å². The van der Waals surface area contributed by atoms with E-state index in [0.29, 0.717) is 16.7 Å². The first-order valence-electron chi connectivity index (χ1n) is 9.85. The van der Waals surface area contributed by atoms with E-state index in [1.807, 2.05) is 18.2 Å². The molecule has 3 nitrogen and oxygen atoms in total. The summed E-state index contributed by atoms with van der Waals surface area (Å²) in [7, 11) is 0. The van der Waals surface area contributed by atoms with Crippen LogP contribution in [-0.2, 0) is 16.1 Å². The second kappa shape index (κ2) is 9.58. The van der Waals surface area contributed by atoms with Crippen LogP contribution in [0.2, 0.25) is 0 Å². The Kier molecular flexibility index (Phi) is 7.35. The number of hydrogen-bond acceptors (Lipinski definition) is 4. The lowest BCUT2D eigenvalue weighted by molar-refractivity contribution is 0.249. The van der Waals surface area contributed by atoms with Gasteiger partial charge in [-0.3, -0.25) is 0 Å². The first kappa shape index (κ1) is 22.2. The van der Waals surface area contributed by atoms with Gasteiger partial charge in [-0.2, -0.15) is 8.78 Å². The summed E-state index contributed by atoms with van der Waals surface area (Å²) < 4.78 is 40.9. The molecule has 0 amide bonds. The maximum Gasteiger partial charge on any atom is 0.285 e. The highest BCUT2D eigenvalue weighted by atomic mass is 32.2. The van der Waals surface area contributed by atoms with Crippen molar-refractivity contribution in [3.8, 4) is 0 Å². The Morgan fingerprint density at radius 2 is 1.72 bits per heavy atom. The first-order valence-corrected chi connectivity index (χ1v) is 11.9. The van der Waals surface area contributed by atoms with Crippen molar-refractivity contribution in [3.63, 3.8) is 0 Å². The lowest BCUT2D eigenvalue weighted by atomic mass is 9.98. The topological polar surface area (TPSA) is 38.3 Å².